The van der Waals surface area contributed by atoms with Crippen molar-refractivity contribution >= 4 is 262 Å². The molecule has 0 amide bonds. The lowest BCUT2D eigenvalue weighted by atomic mass is 10.2. The first kappa shape index (κ1) is 96.1. The van der Waals surface area contributed by atoms with Gasteiger partial charge in [-0.05, 0) is 197 Å². The van der Waals surface area contributed by atoms with E-state index in [2.05, 4.69) is 6.07 Å². The van der Waals surface area contributed by atoms with Gasteiger partial charge in [0.15, 0.2) is 0 Å². The van der Waals surface area contributed by atoms with E-state index in [-0.39, 0.29) is 5.02 Å². The standard InChI is InChI=1S/C10H12ClNS.3C9H9Cl2NS.C9H9ClFNS.3C9H10ClNS/c1-7-5-9(3-4-10(7)11)6-13-8(2)12;1-6(12)13-5-7-4-8(10)2-3-9(7)11;1-6(12)13-5-7-2-3-8(10)9(11)4-7;1-6(12)13-5-7-3-2-4-8(10)9(7)11;1-6(12)13-5-7-2-3-8(10)9(11)4-7;1-7(11)12-6-8-2-4-9(10)5-3-8;1-7(11)12-6-8-3-2-4-9(10)5-8;1-7(11)12-6-8-4-2-3-5-9(8)10/h3-5,12H,6H2,1-2H3;4*2-4,12H,5H2,1H3;3*2-5,11H,6H2,1H3. The van der Waals surface area contributed by atoms with E-state index in [0.29, 0.717) is 87.7 Å². The number of thioether (sulfide) groups is 8. The van der Waals surface area contributed by atoms with E-state index in [9.17, 15) is 4.39 Å². The van der Waals surface area contributed by atoms with Gasteiger partial charge < -0.3 is 0 Å². The highest BCUT2D eigenvalue weighted by Gasteiger charge is 2.07. The van der Waals surface area contributed by atoms with Crippen LogP contribution in [0.2, 0.25) is 55.2 Å². The fourth-order valence-electron chi connectivity index (χ4n) is 6.71. The van der Waals surface area contributed by atoms with Gasteiger partial charge in [-0.1, -0.05) is 206 Å². The molecule has 0 radical (unpaired) electrons. The Kier molecular flexibility index (Phi) is 52.7. The minimum atomic E-state index is -0.401. The third-order valence-corrected chi connectivity index (χ3v) is 22.6. The van der Waals surface area contributed by atoms with E-state index in [0.717, 1.165) is 82.2 Å². The predicted molar refractivity (Wildman–Crippen MR) is 469 cm³/mol. The van der Waals surface area contributed by atoms with E-state index in [1.54, 1.807) is 85.7 Å². The summed E-state index contributed by atoms with van der Waals surface area (Å²) >= 11 is 75.8. The highest BCUT2D eigenvalue weighted by molar-refractivity contribution is 8.14. The van der Waals surface area contributed by atoms with E-state index in [1.165, 1.54) is 123 Å². The molecule has 8 N–H and O–H groups in total. The molecule has 8 nitrogen and oxygen atoms in total. The average Bonchev–Trinajstić information content (AvgIpc) is 0.974. The lowest BCUT2D eigenvalue weighted by Crippen LogP contribution is -1.86. The van der Waals surface area contributed by atoms with Crippen molar-refractivity contribution < 1.29 is 4.39 Å². The lowest BCUT2D eigenvalue weighted by molar-refractivity contribution is 0.627. The molecule has 0 unspecified atom stereocenters. The molecule has 0 saturated heterocycles. The van der Waals surface area contributed by atoms with Crippen LogP contribution in [0.25, 0.3) is 0 Å². The SMILES string of the molecule is CC(=N)SCc1cc(Cl)ccc1Cl.CC(=N)SCc1ccc(Cl)c(C)c1.CC(=N)SCc1ccc(Cl)c(Cl)c1.CC(=N)SCc1ccc(Cl)c(F)c1.CC(=N)SCc1ccc(Cl)cc1.CC(=N)SCc1cccc(Cl)c1.CC(=N)SCc1cccc(Cl)c1Cl.CC(=N)SCc1ccccc1Cl. The first-order chi connectivity index (χ1) is 47.5. The molecule has 0 aliphatic carbocycles. The number of rotatable bonds is 16. The zero-order valence-corrected chi connectivity index (χ0v) is 71.4. The normalized spacial score (nSPS) is 9.99. The Balaban J connectivity index is 0.000000577. The highest BCUT2D eigenvalue weighted by atomic mass is 35.5. The summed E-state index contributed by atoms with van der Waals surface area (Å²) in [5, 5.41) is 69.7. The zero-order valence-electron chi connectivity index (χ0n) is 56.5. The van der Waals surface area contributed by atoms with Crippen molar-refractivity contribution in [2.45, 2.75) is 108 Å². The summed E-state index contributed by atoms with van der Waals surface area (Å²) in [4.78, 5) is 0. The van der Waals surface area contributed by atoms with Crippen molar-refractivity contribution in [2.75, 3.05) is 0 Å². The van der Waals surface area contributed by atoms with Crippen molar-refractivity contribution in [3.63, 3.8) is 0 Å². The molecule has 28 heteroatoms. The van der Waals surface area contributed by atoms with Gasteiger partial charge in [0.2, 0.25) is 0 Å². The Morgan fingerprint density at radius 1 is 0.267 bits per heavy atom. The molecule has 8 rings (SSSR count). The summed E-state index contributed by atoms with van der Waals surface area (Å²) in [6, 6.07) is 50.3. The van der Waals surface area contributed by atoms with Crippen LogP contribution in [0.5, 0.6) is 0 Å². The minimum absolute atomic E-state index is 0.139. The molecule has 0 bridgehead atoms. The summed E-state index contributed by atoms with van der Waals surface area (Å²) < 4.78 is 12.9. The van der Waals surface area contributed by atoms with Gasteiger partial charge in [-0.2, -0.15) is 0 Å². The summed E-state index contributed by atoms with van der Waals surface area (Å²) in [5.74, 6) is 5.71. The van der Waals surface area contributed by atoms with Crippen LogP contribution >= 0.6 is 222 Å². The van der Waals surface area contributed by atoms with Gasteiger partial charge in [0.25, 0.3) is 0 Å². The maximum absolute atomic E-state index is 12.9. The Hall–Kier alpha value is -2.96. The second-order valence-corrected chi connectivity index (χ2v) is 34.7. The molecule has 0 aromatic heterocycles. The molecule has 0 spiro atoms. The van der Waals surface area contributed by atoms with Crippen molar-refractivity contribution in [1.82, 2.24) is 0 Å². The lowest BCUT2D eigenvalue weighted by Gasteiger charge is -2.03. The van der Waals surface area contributed by atoms with Gasteiger partial charge in [0.1, 0.15) is 5.82 Å². The van der Waals surface area contributed by atoms with Crippen molar-refractivity contribution in [2.24, 2.45) is 0 Å². The number of halogens is 12. The molecular weight excluding hydrogens is 1650 g/mol. The Labute approximate surface area is 685 Å². The van der Waals surface area contributed by atoms with Crippen molar-refractivity contribution in [3.8, 4) is 0 Å². The predicted octanol–water partition coefficient (Wildman–Crippen LogP) is 31.0. The van der Waals surface area contributed by atoms with Crippen LogP contribution in [0.4, 0.5) is 4.39 Å². The third kappa shape index (κ3) is 48.8. The molecule has 0 aliphatic heterocycles. The second kappa shape index (κ2) is 55.5. The van der Waals surface area contributed by atoms with Crippen LogP contribution in [0, 0.1) is 56.0 Å². The van der Waals surface area contributed by atoms with E-state index >= 15 is 0 Å². The number of hydrogen-bond donors (Lipinski definition) is 8. The van der Waals surface area contributed by atoms with Crippen LogP contribution in [0.1, 0.15) is 105 Å². The monoisotopic (exact) mass is 1730 g/mol. The van der Waals surface area contributed by atoms with E-state index < -0.39 is 5.82 Å². The van der Waals surface area contributed by atoms with Crippen LogP contribution in [-0.4, -0.2) is 40.3 Å². The number of hydrogen-bond acceptors (Lipinski definition) is 16. The number of aryl methyl sites for hydroxylation is 1. The Bertz CT molecular complexity index is 3820. The summed E-state index contributed by atoms with van der Waals surface area (Å²) in [6.07, 6.45) is 0. The summed E-state index contributed by atoms with van der Waals surface area (Å²) in [7, 11) is 0. The second-order valence-electron chi connectivity index (χ2n) is 20.6. The number of nitrogens with one attached hydrogen (secondary N) is 8. The molecule has 542 valence electrons. The van der Waals surface area contributed by atoms with E-state index in [1.807, 2.05) is 122 Å². The molecular formula is C73H78Cl11FN8S8. The van der Waals surface area contributed by atoms with Crippen LogP contribution in [-0.2, 0) is 46.0 Å². The smallest absolute Gasteiger partial charge is 0.142 e. The first-order valence-electron chi connectivity index (χ1n) is 29.7. The fraction of sp³-hybridized carbons (Fsp3) is 0.233. The molecule has 101 heavy (non-hydrogen) atoms. The summed E-state index contributed by atoms with van der Waals surface area (Å²) in [5.41, 5.74) is 9.67. The van der Waals surface area contributed by atoms with Gasteiger partial charge in [-0.25, -0.2) is 4.39 Å². The summed E-state index contributed by atoms with van der Waals surface area (Å²) in [6.45, 7) is 16.1. The topological polar surface area (TPSA) is 191 Å². The highest BCUT2D eigenvalue weighted by Crippen LogP contribution is 2.30. The molecule has 0 saturated carbocycles. The largest absolute Gasteiger partial charge is 0.299 e. The van der Waals surface area contributed by atoms with Gasteiger partial charge in [-0.3, -0.25) is 43.3 Å². The first-order valence-corrected chi connectivity index (χ1v) is 41.7. The fourth-order valence-corrected chi connectivity index (χ4v) is 13.5. The number of benzene rings is 8. The quantitative estimate of drug-likeness (QED) is 0.0346. The molecule has 0 atom stereocenters. The molecule has 0 heterocycles. The van der Waals surface area contributed by atoms with Crippen molar-refractivity contribution in [3.05, 3.63) is 275 Å². The van der Waals surface area contributed by atoms with Crippen LogP contribution < -0.4 is 0 Å². The molecule has 0 aliphatic rings. The van der Waals surface area contributed by atoms with Gasteiger partial charge in [0.05, 0.1) is 65.5 Å². The van der Waals surface area contributed by atoms with E-state index in [4.69, 9.17) is 171 Å². The van der Waals surface area contributed by atoms with Gasteiger partial charge in [0, 0.05) is 76.2 Å². The Morgan fingerprint density at radius 3 is 1.06 bits per heavy atom. The van der Waals surface area contributed by atoms with Gasteiger partial charge >= 0.3 is 0 Å². The molecule has 8 aromatic carbocycles. The van der Waals surface area contributed by atoms with Gasteiger partial charge in [-0.15, -0.1) is 94.1 Å². The van der Waals surface area contributed by atoms with Crippen LogP contribution in [0.15, 0.2) is 164 Å². The average molecular weight is 1730 g/mol. The van der Waals surface area contributed by atoms with Crippen molar-refractivity contribution in [1.29, 1.82) is 43.3 Å². The maximum atomic E-state index is 12.9. The molecule has 8 aromatic rings. The third-order valence-electron chi connectivity index (χ3n) is 11.6. The zero-order chi connectivity index (χ0) is 76.1. The maximum Gasteiger partial charge on any atom is 0.142 e. The Morgan fingerprint density at radius 2 is 0.604 bits per heavy atom. The minimum Gasteiger partial charge on any atom is -0.299 e. The van der Waals surface area contributed by atoms with Crippen LogP contribution in [0.3, 0.4) is 0 Å². The molecule has 0 fully saturated rings.